The molecule has 1 aromatic rings. The number of hydrogen-bond donors (Lipinski definition) is 1. The lowest BCUT2D eigenvalue weighted by atomic mass is 9.77. The number of methoxy groups -OCH3 is 1. The zero-order chi connectivity index (χ0) is 18.8. The Balaban J connectivity index is 2.33. The van der Waals surface area contributed by atoms with E-state index in [1.54, 1.807) is 19.2 Å². The van der Waals surface area contributed by atoms with Gasteiger partial charge in [0.15, 0.2) is 0 Å². The zero-order valence-corrected chi connectivity index (χ0v) is 15.6. The lowest BCUT2D eigenvalue weighted by molar-refractivity contribution is 0.00578. The summed E-state index contributed by atoms with van der Waals surface area (Å²) in [6, 6.07) is 4.24. The van der Waals surface area contributed by atoms with E-state index < -0.39 is 30.1 Å². The van der Waals surface area contributed by atoms with Crippen molar-refractivity contribution in [1.29, 1.82) is 0 Å². The molecule has 1 aliphatic rings. The summed E-state index contributed by atoms with van der Waals surface area (Å²) in [4.78, 5) is 11.5. The number of carbonyl (C=O) groups excluding carboxylic acids is 1. The van der Waals surface area contributed by atoms with Gasteiger partial charge in [0.05, 0.1) is 23.9 Å². The summed E-state index contributed by atoms with van der Waals surface area (Å²) in [5.74, 6) is -1.08. The van der Waals surface area contributed by atoms with Crippen LogP contribution in [-0.4, -0.2) is 45.0 Å². The molecule has 0 saturated carbocycles. The number of rotatable bonds is 5. The third-order valence-electron chi connectivity index (χ3n) is 4.70. The maximum atomic E-state index is 14.4. The molecule has 0 bridgehead atoms. The fourth-order valence-corrected chi connectivity index (χ4v) is 2.49. The van der Waals surface area contributed by atoms with Crippen molar-refractivity contribution in [3.05, 3.63) is 40.6 Å². The number of carbonyl (C=O) groups is 1. The average molecular weight is 349 g/mol. The number of esters is 1. The van der Waals surface area contributed by atoms with Gasteiger partial charge in [0, 0.05) is 12.1 Å². The van der Waals surface area contributed by atoms with Gasteiger partial charge in [-0.3, -0.25) is 0 Å². The fourth-order valence-electron chi connectivity index (χ4n) is 2.49. The second-order valence-corrected chi connectivity index (χ2v) is 7.07. The van der Waals surface area contributed by atoms with Gasteiger partial charge in [-0.2, -0.15) is 0 Å². The lowest BCUT2D eigenvalue weighted by Crippen LogP contribution is -2.41. The minimum Gasteiger partial charge on any atom is -0.465 e. The highest BCUT2D eigenvalue weighted by Crippen LogP contribution is 2.38. The van der Waals surface area contributed by atoms with Gasteiger partial charge in [-0.1, -0.05) is 12.1 Å². The van der Waals surface area contributed by atoms with Crippen molar-refractivity contribution >= 4 is 19.2 Å². The topological polar surface area (TPSA) is 56.8 Å². The van der Waals surface area contributed by atoms with Gasteiger partial charge in [-0.15, -0.1) is 0 Å². The molecule has 0 spiro atoms. The molecular formula is C18H25BFNO4. The van der Waals surface area contributed by atoms with E-state index in [0.717, 1.165) is 5.47 Å². The highest BCUT2D eigenvalue weighted by molar-refractivity contribution is 6.55. The molecular weight excluding hydrogens is 324 g/mol. The first-order chi connectivity index (χ1) is 11.6. The Morgan fingerprint density at radius 3 is 2.36 bits per heavy atom. The monoisotopic (exact) mass is 349 g/mol. The van der Waals surface area contributed by atoms with Crippen LogP contribution in [0.3, 0.4) is 0 Å². The minimum absolute atomic E-state index is 0.169. The van der Waals surface area contributed by atoms with Crippen molar-refractivity contribution in [2.24, 2.45) is 0 Å². The normalized spacial score (nSPS) is 19.2. The first kappa shape index (κ1) is 19.6. The second-order valence-electron chi connectivity index (χ2n) is 7.07. The van der Waals surface area contributed by atoms with Gasteiger partial charge in [0.2, 0.25) is 0 Å². The molecule has 0 amide bonds. The molecule has 0 atom stereocenters. The van der Waals surface area contributed by atoms with Gasteiger partial charge < -0.3 is 19.4 Å². The van der Waals surface area contributed by atoms with Crippen LogP contribution in [-0.2, 0) is 14.0 Å². The molecule has 0 aromatic heterocycles. The van der Waals surface area contributed by atoms with Gasteiger partial charge >= 0.3 is 13.1 Å². The van der Waals surface area contributed by atoms with Gasteiger partial charge in [-0.25, -0.2) is 9.18 Å². The summed E-state index contributed by atoms with van der Waals surface area (Å²) in [5.41, 5.74) is 0.344. The Morgan fingerprint density at radius 1 is 1.28 bits per heavy atom. The number of benzene rings is 1. The summed E-state index contributed by atoms with van der Waals surface area (Å²) in [6.45, 7) is 8.35. The molecule has 1 heterocycles. The molecule has 0 unspecified atom stereocenters. The van der Waals surface area contributed by atoms with Crippen LogP contribution in [0.15, 0.2) is 23.7 Å². The van der Waals surface area contributed by atoms with Crippen molar-refractivity contribution in [3.8, 4) is 0 Å². The number of ether oxygens (including phenoxy) is 1. The highest BCUT2D eigenvalue weighted by Gasteiger charge is 2.52. The van der Waals surface area contributed by atoms with Crippen molar-refractivity contribution < 1.29 is 23.2 Å². The Hall–Kier alpha value is -1.70. The second kappa shape index (κ2) is 7.27. The smallest absolute Gasteiger partial charge is 0.465 e. The van der Waals surface area contributed by atoms with Crippen LogP contribution in [0.4, 0.5) is 4.39 Å². The standard InChI is InChI=1S/C18H25BFNO4/c1-17(2)18(3,4)25-19(24-17)14(11-21-5)9-12-7-8-13(10-15(12)20)16(22)23-6/h7-10,21H,11H2,1-6H3. The van der Waals surface area contributed by atoms with Gasteiger partial charge in [-0.05, 0) is 52.3 Å². The van der Waals surface area contributed by atoms with E-state index in [1.165, 1.54) is 19.2 Å². The van der Waals surface area contributed by atoms with Crippen LogP contribution in [0, 0.1) is 5.82 Å². The molecule has 5 nitrogen and oxygen atoms in total. The predicted octanol–water partition coefficient (Wildman–Crippen LogP) is 2.85. The SMILES string of the molecule is CNCC(=Cc1ccc(C(=O)OC)cc1F)B1OC(C)(C)C(C)(C)O1. The summed E-state index contributed by atoms with van der Waals surface area (Å²) < 4.78 is 31.1. The molecule has 1 saturated heterocycles. The van der Waals surface area contributed by atoms with Crippen LogP contribution >= 0.6 is 0 Å². The molecule has 0 radical (unpaired) electrons. The maximum Gasteiger partial charge on any atom is 0.491 e. The first-order valence-corrected chi connectivity index (χ1v) is 8.20. The number of likely N-dealkylation sites (N-methyl/N-ethyl adjacent to an activating group) is 1. The Morgan fingerprint density at radius 2 is 1.88 bits per heavy atom. The number of hydrogen-bond acceptors (Lipinski definition) is 5. The van der Waals surface area contributed by atoms with Crippen molar-refractivity contribution in [3.63, 3.8) is 0 Å². The zero-order valence-electron chi connectivity index (χ0n) is 15.6. The van der Waals surface area contributed by atoms with E-state index in [-0.39, 0.29) is 5.56 Å². The quantitative estimate of drug-likeness (QED) is 0.654. The van der Waals surface area contributed by atoms with E-state index in [2.05, 4.69) is 10.1 Å². The van der Waals surface area contributed by atoms with Gasteiger partial charge in [0.25, 0.3) is 0 Å². The fraction of sp³-hybridized carbons (Fsp3) is 0.500. The number of halogens is 1. The molecule has 2 rings (SSSR count). The van der Waals surface area contributed by atoms with Crippen molar-refractivity contribution in [1.82, 2.24) is 5.32 Å². The molecule has 1 aromatic carbocycles. The van der Waals surface area contributed by atoms with Crippen molar-refractivity contribution in [2.45, 2.75) is 38.9 Å². The van der Waals surface area contributed by atoms with Crippen LogP contribution in [0.2, 0.25) is 0 Å². The first-order valence-electron chi connectivity index (χ1n) is 8.20. The van der Waals surface area contributed by atoms with E-state index >= 15 is 0 Å². The van der Waals surface area contributed by atoms with E-state index in [1.807, 2.05) is 27.7 Å². The van der Waals surface area contributed by atoms with Crippen LogP contribution in [0.25, 0.3) is 6.08 Å². The molecule has 7 heteroatoms. The average Bonchev–Trinajstić information content (AvgIpc) is 2.75. The molecule has 1 fully saturated rings. The van der Waals surface area contributed by atoms with Crippen LogP contribution in [0.1, 0.15) is 43.6 Å². The molecule has 1 N–H and O–H groups in total. The molecule has 136 valence electrons. The molecule has 1 aliphatic heterocycles. The Labute approximate surface area is 148 Å². The summed E-state index contributed by atoms with van der Waals surface area (Å²) >= 11 is 0. The predicted molar refractivity (Wildman–Crippen MR) is 95.7 cm³/mol. The third kappa shape index (κ3) is 4.11. The van der Waals surface area contributed by atoms with Gasteiger partial charge in [0.1, 0.15) is 5.82 Å². The number of nitrogens with one attached hydrogen (secondary N) is 1. The largest absolute Gasteiger partial charge is 0.491 e. The highest BCUT2D eigenvalue weighted by atomic mass is 19.1. The van der Waals surface area contributed by atoms with Crippen LogP contribution < -0.4 is 5.32 Å². The maximum absolute atomic E-state index is 14.4. The van der Waals surface area contributed by atoms with Crippen LogP contribution in [0.5, 0.6) is 0 Å². The third-order valence-corrected chi connectivity index (χ3v) is 4.70. The Kier molecular flexibility index (Phi) is 5.71. The summed E-state index contributed by atoms with van der Waals surface area (Å²) in [7, 11) is 2.49. The lowest BCUT2D eigenvalue weighted by Gasteiger charge is -2.32. The van der Waals surface area contributed by atoms with E-state index in [0.29, 0.717) is 12.1 Å². The minimum atomic E-state index is -0.573. The summed E-state index contributed by atoms with van der Waals surface area (Å²) in [6.07, 6.45) is 1.69. The molecule has 25 heavy (non-hydrogen) atoms. The van der Waals surface area contributed by atoms with E-state index in [4.69, 9.17) is 9.31 Å². The van der Waals surface area contributed by atoms with Crippen molar-refractivity contribution in [2.75, 3.05) is 20.7 Å². The summed E-state index contributed by atoms with van der Waals surface area (Å²) in [5, 5.41) is 3.05. The Bertz CT molecular complexity index is 672. The molecule has 0 aliphatic carbocycles. The van der Waals surface area contributed by atoms with E-state index in [9.17, 15) is 9.18 Å².